The van der Waals surface area contributed by atoms with E-state index in [2.05, 4.69) is 16.5 Å². The van der Waals surface area contributed by atoms with Crippen molar-refractivity contribution in [2.75, 3.05) is 0 Å². The van der Waals surface area contributed by atoms with Gasteiger partial charge < -0.3 is 14.6 Å². The van der Waals surface area contributed by atoms with Crippen molar-refractivity contribution in [3.05, 3.63) is 53.0 Å². The number of aromatic nitrogens is 1. The Balaban J connectivity index is 1.47. The molecule has 2 aliphatic heterocycles. The molecule has 1 N–H and O–H groups in total. The molecule has 2 bridgehead atoms. The third kappa shape index (κ3) is 3.32. The molecule has 2 fully saturated rings. The molecule has 2 atom stereocenters. The van der Waals surface area contributed by atoms with Crippen molar-refractivity contribution < 1.29 is 22.4 Å². The molecular formula is C21H21F3N2O2. The highest BCUT2D eigenvalue weighted by atomic mass is 19.4. The molecule has 4 nitrogen and oxygen atoms in total. The highest BCUT2D eigenvalue weighted by Gasteiger charge is 2.38. The summed E-state index contributed by atoms with van der Waals surface area (Å²) in [6, 6.07) is 6.28. The SMILES string of the molecule is FC(F)(F)c1ccccc1-c1noc(C2CC2)c1COC1=CC2CCC(C1)N2. The van der Waals surface area contributed by atoms with Crippen LogP contribution in [0, 0.1) is 0 Å². The lowest BCUT2D eigenvalue weighted by atomic mass is 9.99. The fourth-order valence-corrected chi connectivity index (χ4v) is 4.23. The van der Waals surface area contributed by atoms with Crippen molar-refractivity contribution in [2.24, 2.45) is 0 Å². The highest BCUT2D eigenvalue weighted by molar-refractivity contribution is 5.68. The predicted octanol–water partition coefficient (Wildman–Crippen LogP) is 5.16. The summed E-state index contributed by atoms with van der Waals surface area (Å²) in [4.78, 5) is 0. The lowest BCUT2D eigenvalue weighted by Gasteiger charge is -2.21. The maximum absolute atomic E-state index is 13.5. The summed E-state index contributed by atoms with van der Waals surface area (Å²) in [6.45, 7) is 0.183. The summed E-state index contributed by atoms with van der Waals surface area (Å²) in [5.74, 6) is 1.81. The van der Waals surface area contributed by atoms with Crippen LogP contribution in [0.1, 0.15) is 54.9 Å². The Morgan fingerprint density at radius 1 is 1.14 bits per heavy atom. The van der Waals surface area contributed by atoms with Gasteiger partial charge in [-0.1, -0.05) is 23.4 Å². The second-order valence-corrected chi connectivity index (χ2v) is 7.86. The maximum atomic E-state index is 13.5. The van der Waals surface area contributed by atoms with Crippen molar-refractivity contribution >= 4 is 0 Å². The fraction of sp³-hybridized carbons (Fsp3) is 0.476. The first-order chi connectivity index (χ1) is 13.5. The molecule has 0 radical (unpaired) electrons. The lowest BCUT2D eigenvalue weighted by molar-refractivity contribution is -0.137. The molecule has 1 aromatic carbocycles. The Labute approximate surface area is 160 Å². The van der Waals surface area contributed by atoms with Gasteiger partial charge in [0.25, 0.3) is 0 Å². The average molecular weight is 390 g/mol. The normalized spacial score (nSPS) is 24.3. The first kappa shape index (κ1) is 17.8. The second kappa shape index (κ2) is 6.65. The third-order valence-corrected chi connectivity index (χ3v) is 5.77. The molecule has 1 saturated carbocycles. The van der Waals surface area contributed by atoms with Gasteiger partial charge in [0, 0.05) is 30.0 Å². The molecule has 148 valence electrons. The minimum absolute atomic E-state index is 0.0450. The Bertz CT molecular complexity index is 915. The van der Waals surface area contributed by atoms with Gasteiger partial charge in [0.05, 0.1) is 16.9 Å². The molecule has 28 heavy (non-hydrogen) atoms. The van der Waals surface area contributed by atoms with Gasteiger partial charge in [-0.15, -0.1) is 0 Å². The number of rotatable bonds is 5. The van der Waals surface area contributed by atoms with E-state index >= 15 is 0 Å². The Morgan fingerprint density at radius 3 is 2.71 bits per heavy atom. The summed E-state index contributed by atoms with van der Waals surface area (Å²) >= 11 is 0. The Kier molecular flexibility index (Phi) is 4.23. The number of ether oxygens (including phenoxy) is 1. The van der Waals surface area contributed by atoms with Crippen LogP contribution in [0.3, 0.4) is 0 Å². The first-order valence-electron chi connectivity index (χ1n) is 9.73. The smallest absolute Gasteiger partial charge is 0.417 e. The molecule has 1 aromatic heterocycles. The number of hydrogen-bond acceptors (Lipinski definition) is 4. The summed E-state index contributed by atoms with van der Waals surface area (Å²) < 4.78 is 52.1. The molecule has 3 aliphatic rings. The number of benzene rings is 1. The molecule has 1 saturated heterocycles. The van der Waals surface area contributed by atoms with Crippen molar-refractivity contribution in [3.8, 4) is 11.3 Å². The summed E-state index contributed by atoms with van der Waals surface area (Å²) in [6.07, 6.45) is 2.62. The molecule has 5 rings (SSSR count). The van der Waals surface area contributed by atoms with E-state index in [0.717, 1.165) is 43.9 Å². The van der Waals surface area contributed by atoms with Crippen LogP contribution in [0.5, 0.6) is 0 Å². The topological polar surface area (TPSA) is 47.3 Å². The van der Waals surface area contributed by atoms with Gasteiger partial charge in [0.2, 0.25) is 0 Å². The molecule has 0 amide bonds. The van der Waals surface area contributed by atoms with E-state index in [1.807, 2.05) is 0 Å². The fourth-order valence-electron chi connectivity index (χ4n) is 4.23. The summed E-state index contributed by atoms with van der Waals surface area (Å²) in [5, 5.41) is 7.54. The van der Waals surface area contributed by atoms with Crippen LogP contribution in [0.4, 0.5) is 13.2 Å². The summed E-state index contributed by atoms with van der Waals surface area (Å²) in [5.41, 5.74) is 0.230. The van der Waals surface area contributed by atoms with Gasteiger partial charge in [0.1, 0.15) is 18.1 Å². The van der Waals surface area contributed by atoms with Gasteiger partial charge in [0.15, 0.2) is 0 Å². The van der Waals surface area contributed by atoms with E-state index < -0.39 is 11.7 Å². The van der Waals surface area contributed by atoms with E-state index in [4.69, 9.17) is 9.26 Å². The van der Waals surface area contributed by atoms with Gasteiger partial charge >= 0.3 is 6.18 Å². The van der Waals surface area contributed by atoms with Gasteiger partial charge in [-0.25, -0.2) is 0 Å². The quantitative estimate of drug-likeness (QED) is 0.766. The molecule has 2 aromatic rings. The van der Waals surface area contributed by atoms with Gasteiger partial charge in [-0.05, 0) is 37.8 Å². The number of fused-ring (bicyclic) bond motifs is 2. The molecule has 3 heterocycles. The summed E-state index contributed by atoms with van der Waals surface area (Å²) in [7, 11) is 0. The highest BCUT2D eigenvalue weighted by Crippen LogP contribution is 2.46. The van der Waals surface area contributed by atoms with Crippen LogP contribution in [-0.4, -0.2) is 17.2 Å². The minimum Gasteiger partial charge on any atom is -0.493 e. The van der Waals surface area contributed by atoms with E-state index in [0.29, 0.717) is 23.4 Å². The Hall–Kier alpha value is -2.28. The van der Waals surface area contributed by atoms with Crippen LogP contribution in [-0.2, 0) is 17.5 Å². The van der Waals surface area contributed by atoms with Crippen molar-refractivity contribution in [1.82, 2.24) is 10.5 Å². The maximum Gasteiger partial charge on any atom is 0.417 e. The van der Waals surface area contributed by atoms with Crippen molar-refractivity contribution in [2.45, 2.75) is 62.9 Å². The molecule has 0 spiro atoms. The minimum atomic E-state index is -4.45. The zero-order valence-corrected chi connectivity index (χ0v) is 15.3. The largest absolute Gasteiger partial charge is 0.493 e. The van der Waals surface area contributed by atoms with Crippen LogP contribution >= 0.6 is 0 Å². The third-order valence-electron chi connectivity index (χ3n) is 5.77. The van der Waals surface area contributed by atoms with Crippen LogP contribution in [0.15, 0.2) is 40.6 Å². The number of halogens is 3. The number of hydrogen-bond donors (Lipinski definition) is 1. The molecular weight excluding hydrogens is 369 g/mol. The first-order valence-corrected chi connectivity index (χ1v) is 9.73. The average Bonchev–Trinajstić information content (AvgIpc) is 3.34. The van der Waals surface area contributed by atoms with Crippen LogP contribution in [0.25, 0.3) is 11.3 Å². The zero-order valence-electron chi connectivity index (χ0n) is 15.3. The van der Waals surface area contributed by atoms with E-state index in [1.165, 1.54) is 12.1 Å². The second-order valence-electron chi connectivity index (χ2n) is 7.86. The van der Waals surface area contributed by atoms with E-state index in [-0.39, 0.29) is 23.8 Å². The predicted molar refractivity (Wildman–Crippen MR) is 96.4 cm³/mol. The van der Waals surface area contributed by atoms with Gasteiger partial charge in [-0.2, -0.15) is 13.2 Å². The lowest BCUT2D eigenvalue weighted by Crippen LogP contribution is -2.32. The standard InChI is InChI=1S/C21H21F3N2O2/c22-21(23,24)18-4-2-1-3-16(18)19-17(20(28-26-19)12-5-6-12)11-27-15-9-13-7-8-14(10-15)25-13/h1-4,9,12-14,25H,5-8,10-11H2. The Morgan fingerprint density at radius 2 is 1.96 bits per heavy atom. The number of nitrogens with one attached hydrogen (secondary N) is 1. The number of nitrogens with zero attached hydrogens (tertiary/aromatic N) is 1. The molecule has 7 heteroatoms. The molecule has 2 unspecified atom stereocenters. The van der Waals surface area contributed by atoms with E-state index in [1.54, 1.807) is 6.07 Å². The van der Waals surface area contributed by atoms with Crippen molar-refractivity contribution in [1.29, 1.82) is 0 Å². The van der Waals surface area contributed by atoms with Crippen molar-refractivity contribution in [3.63, 3.8) is 0 Å². The van der Waals surface area contributed by atoms with Crippen LogP contribution in [0.2, 0.25) is 0 Å². The van der Waals surface area contributed by atoms with Crippen LogP contribution < -0.4 is 5.32 Å². The zero-order chi connectivity index (χ0) is 19.3. The monoisotopic (exact) mass is 390 g/mol. The molecule has 1 aliphatic carbocycles. The van der Waals surface area contributed by atoms with E-state index in [9.17, 15) is 13.2 Å². The van der Waals surface area contributed by atoms with Gasteiger partial charge in [-0.3, -0.25) is 0 Å². The number of alkyl halides is 3.